The van der Waals surface area contributed by atoms with E-state index in [4.69, 9.17) is 4.74 Å². The number of esters is 1. The summed E-state index contributed by atoms with van der Waals surface area (Å²) < 4.78 is 5.70. The number of phenols is 1. The highest BCUT2D eigenvalue weighted by Crippen LogP contribution is 2.36. The van der Waals surface area contributed by atoms with Crippen LogP contribution in [-0.4, -0.2) is 17.2 Å². The summed E-state index contributed by atoms with van der Waals surface area (Å²) in [5.41, 5.74) is 0.258. The number of carbonyl (C=O) groups is 1. The minimum Gasteiger partial charge on any atom is -0.507 e. The number of para-hydroxylation sites is 1. The van der Waals surface area contributed by atoms with E-state index in [-0.39, 0.29) is 17.4 Å². The molecule has 0 saturated heterocycles. The maximum Gasteiger partial charge on any atom is 0.342 e. The number of phenolic OH excluding ortho intramolecular Hbond substituents is 1. The standard InChI is InChI=1S/C17H24O3/c1-11(2)13-9-8-12(3)10-16(13)20-17(19)14-6-4-5-7-15(14)18/h4-7,11-13,16,18H,8-10H2,1-3H3/t12-,13-,16+/m1/s1. The van der Waals surface area contributed by atoms with Gasteiger partial charge in [-0.25, -0.2) is 4.79 Å². The molecule has 3 atom stereocenters. The zero-order chi connectivity index (χ0) is 14.7. The van der Waals surface area contributed by atoms with Crippen LogP contribution in [0, 0.1) is 17.8 Å². The molecule has 0 amide bonds. The largest absolute Gasteiger partial charge is 0.507 e. The third-order valence-corrected chi connectivity index (χ3v) is 4.34. The van der Waals surface area contributed by atoms with Crippen molar-refractivity contribution in [2.75, 3.05) is 0 Å². The first-order valence-electron chi connectivity index (χ1n) is 7.48. The van der Waals surface area contributed by atoms with Gasteiger partial charge in [-0.1, -0.05) is 39.3 Å². The van der Waals surface area contributed by atoms with Gasteiger partial charge in [-0.15, -0.1) is 0 Å². The lowest BCUT2D eigenvalue weighted by atomic mass is 9.75. The van der Waals surface area contributed by atoms with Crippen molar-refractivity contribution < 1.29 is 14.6 Å². The highest BCUT2D eigenvalue weighted by Gasteiger charge is 2.33. The number of aromatic hydroxyl groups is 1. The molecule has 1 aromatic carbocycles. The van der Waals surface area contributed by atoms with Crippen LogP contribution in [0.15, 0.2) is 24.3 Å². The average molecular weight is 276 g/mol. The molecule has 0 radical (unpaired) electrons. The van der Waals surface area contributed by atoms with Crippen LogP contribution in [0.4, 0.5) is 0 Å². The van der Waals surface area contributed by atoms with Crippen molar-refractivity contribution in [2.24, 2.45) is 17.8 Å². The van der Waals surface area contributed by atoms with Gasteiger partial charge in [0.25, 0.3) is 0 Å². The summed E-state index contributed by atoms with van der Waals surface area (Å²) in [4.78, 5) is 12.2. The molecule has 0 bridgehead atoms. The number of carbonyl (C=O) groups excluding carboxylic acids is 1. The summed E-state index contributed by atoms with van der Waals surface area (Å²) in [7, 11) is 0. The summed E-state index contributed by atoms with van der Waals surface area (Å²) in [5, 5.41) is 9.74. The number of hydrogen-bond acceptors (Lipinski definition) is 3. The molecule has 1 fully saturated rings. The normalized spacial score (nSPS) is 26.5. The van der Waals surface area contributed by atoms with E-state index in [1.54, 1.807) is 18.2 Å². The Morgan fingerprint density at radius 1 is 1.30 bits per heavy atom. The van der Waals surface area contributed by atoms with Crippen molar-refractivity contribution in [2.45, 2.75) is 46.1 Å². The second-order valence-corrected chi connectivity index (χ2v) is 6.29. The van der Waals surface area contributed by atoms with E-state index in [0.717, 1.165) is 12.8 Å². The smallest absolute Gasteiger partial charge is 0.342 e. The van der Waals surface area contributed by atoms with Gasteiger partial charge in [0.1, 0.15) is 17.4 Å². The zero-order valence-corrected chi connectivity index (χ0v) is 12.5. The number of ether oxygens (including phenoxy) is 1. The number of rotatable bonds is 3. The minimum absolute atomic E-state index is 0.0116. The first kappa shape index (κ1) is 14.9. The molecule has 2 rings (SSSR count). The van der Waals surface area contributed by atoms with E-state index in [9.17, 15) is 9.90 Å². The lowest BCUT2D eigenvalue weighted by Crippen LogP contribution is -2.35. The van der Waals surface area contributed by atoms with Crippen LogP contribution in [0.2, 0.25) is 0 Å². The molecule has 0 aliphatic heterocycles. The van der Waals surface area contributed by atoms with Gasteiger partial charge in [-0.3, -0.25) is 0 Å². The molecule has 1 N–H and O–H groups in total. The number of hydrogen-bond donors (Lipinski definition) is 1. The Balaban J connectivity index is 2.10. The SMILES string of the molecule is CC(C)[C@H]1CC[C@@H](C)C[C@@H]1OC(=O)c1ccccc1O. The maximum absolute atomic E-state index is 12.2. The van der Waals surface area contributed by atoms with Crippen molar-refractivity contribution in [3.8, 4) is 5.75 Å². The summed E-state index contributed by atoms with van der Waals surface area (Å²) in [6.45, 7) is 6.57. The van der Waals surface area contributed by atoms with Gasteiger partial charge >= 0.3 is 5.97 Å². The molecular formula is C17H24O3. The zero-order valence-electron chi connectivity index (χ0n) is 12.5. The molecule has 0 aromatic heterocycles. The lowest BCUT2D eigenvalue weighted by molar-refractivity contribution is -0.0176. The first-order chi connectivity index (χ1) is 9.49. The Morgan fingerprint density at radius 3 is 2.65 bits per heavy atom. The fourth-order valence-corrected chi connectivity index (χ4v) is 3.10. The Kier molecular flexibility index (Phi) is 4.69. The summed E-state index contributed by atoms with van der Waals surface area (Å²) in [5.74, 6) is 1.09. The van der Waals surface area contributed by atoms with E-state index < -0.39 is 5.97 Å². The summed E-state index contributed by atoms with van der Waals surface area (Å²) >= 11 is 0. The third-order valence-electron chi connectivity index (χ3n) is 4.34. The van der Waals surface area contributed by atoms with Crippen LogP contribution >= 0.6 is 0 Å². The van der Waals surface area contributed by atoms with Crippen molar-refractivity contribution in [1.82, 2.24) is 0 Å². The fourth-order valence-electron chi connectivity index (χ4n) is 3.10. The Morgan fingerprint density at radius 2 is 2.00 bits per heavy atom. The quantitative estimate of drug-likeness (QED) is 0.848. The second-order valence-electron chi connectivity index (χ2n) is 6.29. The molecule has 1 saturated carbocycles. The molecule has 3 heteroatoms. The minimum atomic E-state index is -0.409. The van der Waals surface area contributed by atoms with Crippen LogP contribution in [0.3, 0.4) is 0 Å². The summed E-state index contributed by atoms with van der Waals surface area (Å²) in [6.07, 6.45) is 3.19. The first-order valence-corrected chi connectivity index (χ1v) is 7.48. The van der Waals surface area contributed by atoms with E-state index >= 15 is 0 Å². The van der Waals surface area contributed by atoms with Crippen LogP contribution in [0.5, 0.6) is 5.75 Å². The second kappa shape index (κ2) is 6.29. The van der Waals surface area contributed by atoms with Gasteiger partial charge in [-0.05, 0) is 42.7 Å². The third kappa shape index (κ3) is 3.33. The van der Waals surface area contributed by atoms with E-state index in [1.807, 2.05) is 0 Å². The van der Waals surface area contributed by atoms with Gasteiger partial charge in [0, 0.05) is 0 Å². The molecular weight excluding hydrogens is 252 g/mol. The van der Waals surface area contributed by atoms with Crippen molar-refractivity contribution in [3.63, 3.8) is 0 Å². The Labute approximate surface area is 121 Å². The Bertz CT molecular complexity index is 467. The lowest BCUT2D eigenvalue weighted by Gasteiger charge is -2.36. The monoisotopic (exact) mass is 276 g/mol. The molecule has 0 heterocycles. The van der Waals surface area contributed by atoms with Crippen LogP contribution in [0.1, 0.15) is 50.4 Å². The highest BCUT2D eigenvalue weighted by atomic mass is 16.5. The highest BCUT2D eigenvalue weighted by molar-refractivity contribution is 5.92. The van der Waals surface area contributed by atoms with Crippen LogP contribution < -0.4 is 0 Å². The van der Waals surface area contributed by atoms with E-state index in [1.165, 1.54) is 12.5 Å². The van der Waals surface area contributed by atoms with Crippen LogP contribution in [0.25, 0.3) is 0 Å². The van der Waals surface area contributed by atoms with E-state index in [2.05, 4.69) is 20.8 Å². The van der Waals surface area contributed by atoms with Crippen LogP contribution in [-0.2, 0) is 4.74 Å². The predicted octanol–water partition coefficient (Wildman–Crippen LogP) is 4.01. The van der Waals surface area contributed by atoms with Gasteiger partial charge in [-0.2, -0.15) is 0 Å². The molecule has 0 unspecified atom stereocenters. The van der Waals surface area contributed by atoms with E-state index in [0.29, 0.717) is 17.8 Å². The van der Waals surface area contributed by atoms with Gasteiger partial charge in [0.05, 0.1) is 0 Å². The molecule has 1 aliphatic carbocycles. The van der Waals surface area contributed by atoms with Gasteiger partial charge in [0.2, 0.25) is 0 Å². The topological polar surface area (TPSA) is 46.5 Å². The van der Waals surface area contributed by atoms with Crippen molar-refractivity contribution in [3.05, 3.63) is 29.8 Å². The average Bonchev–Trinajstić information content (AvgIpc) is 2.38. The summed E-state index contributed by atoms with van der Waals surface area (Å²) in [6, 6.07) is 6.56. The molecule has 1 aromatic rings. The van der Waals surface area contributed by atoms with Crippen molar-refractivity contribution >= 4 is 5.97 Å². The molecule has 3 nitrogen and oxygen atoms in total. The fraction of sp³-hybridized carbons (Fsp3) is 0.588. The molecule has 20 heavy (non-hydrogen) atoms. The Hall–Kier alpha value is -1.51. The molecule has 0 spiro atoms. The van der Waals surface area contributed by atoms with Crippen molar-refractivity contribution in [1.29, 1.82) is 0 Å². The predicted molar refractivity (Wildman–Crippen MR) is 78.7 cm³/mol. The molecule has 1 aliphatic rings. The van der Waals surface area contributed by atoms with Gasteiger partial charge < -0.3 is 9.84 Å². The maximum atomic E-state index is 12.2. The van der Waals surface area contributed by atoms with Gasteiger partial charge in [0.15, 0.2) is 0 Å². The molecule has 110 valence electrons. The number of benzene rings is 1.